The lowest BCUT2D eigenvalue weighted by Gasteiger charge is -2.24. The second kappa shape index (κ2) is 6.31. The summed E-state index contributed by atoms with van der Waals surface area (Å²) in [5.74, 6) is -0.0935. The van der Waals surface area contributed by atoms with Crippen molar-refractivity contribution in [2.75, 3.05) is 25.5 Å². The fourth-order valence-electron chi connectivity index (χ4n) is 1.70. The number of nitrogens with one attached hydrogen (secondary N) is 1. The maximum atomic E-state index is 11.7. The number of likely N-dealkylation sites (N-methyl/N-ethyl adjacent to an activating group) is 1. The predicted octanol–water partition coefficient (Wildman–Crippen LogP) is 2.09. The van der Waals surface area contributed by atoms with Crippen LogP contribution in [0.25, 0.3) is 0 Å². The molecule has 0 aliphatic carbocycles. The van der Waals surface area contributed by atoms with Crippen LogP contribution in [-0.2, 0) is 4.79 Å². The fourth-order valence-corrected chi connectivity index (χ4v) is 1.96. The van der Waals surface area contributed by atoms with E-state index in [4.69, 9.17) is 0 Å². The molecule has 0 saturated heterocycles. The topological polar surface area (TPSA) is 52.6 Å². The third-order valence-corrected chi connectivity index (χ3v) is 2.73. The predicted molar refractivity (Wildman–Crippen MR) is 76.6 cm³/mol. The molecule has 0 radical (unpaired) electrons. The van der Waals surface area contributed by atoms with Gasteiger partial charge in [-0.25, -0.2) is 0 Å². The number of benzene rings is 1. The second-order valence-corrected chi connectivity index (χ2v) is 5.96. The lowest BCUT2D eigenvalue weighted by Crippen LogP contribution is -2.40. The van der Waals surface area contributed by atoms with E-state index < -0.39 is 5.60 Å². The molecule has 1 amide bonds. The molecule has 1 aromatic rings. The normalized spacial score (nSPS) is 11.7. The Morgan fingerprint density at radius 2 is 1.94 bits per heavy atom. The van der Waals surface area contributed by atoms with E-state index >= 15 is 0 Å². The number of rotatable bonds is 5. The molecule has 0 heterocycles. The van der Waals surface area contributed by atoms with E-state index in [-0.39, 0.29) is 12.5 Å². The molecule has 2 N–H and O–H groups in total. The van der Waals surface area contributed by atoms with Gasteiger partial charge in [-0.05, 0) is 45.2 Å². The first-order valence-electron chi connectivity index (χ1n) is 5.72. The lowest BCUT2D eigenvalue weighted by molar-refractivity contribution is -0.117. The van der Waals surface area contributed by atoms with Crippen LogP contribution in [0, 0.1) is 0 Å². The van der Waals surface area contributed by atoms with Crippen molar-refractivity contribution in [2.45, 2.75) is 19.4 Å². The van der Waals surface area contributed by atoms with Gasteiger partial charge < -0.3 is 10.4 Å². The number of carbonyl (C=O) groups excluding carboxylic acids is 1. The van der Waals surface area contributed by atoms with Gasteiger partial charge >= 0.3 is 0 Å². The maximum absolute atomic E-state index is 11.7. The van der Waals surface area contributed by atoms with E-state index in [0.29, 0.717) is 6.54 Å². The number of hydrogen-bond donors (Lipinski definition) is 2. The number of nitrogens with zero attached hydrogens (tertiary/aromatic N) is 1. The molecular formula is C13H19BrN2O2. The summed E-state index contributed by atoms with van der Waals surface area (Å²) in [5, 5.41) is 12.4. The highest BCUT2D eigenvalue weighted by Crippen LogP contribution is 2.14. The van der Waals surface area contributed by atoms with Crippen LogP contribution in [0.1, 0.15) is 13.8 Å². The molecule has 0 atom stereocenters. The quantitative estimate of drug-likeness (QED) is 0.875. The van der Waals surface area contributed by atoms with Gasteiger partial charge in [-0.3, -0.25) is 9.69 Å². The van der Waals surface area contributed by atoms with Crippen molar-refractivity contribution in [1.82, 2.24) is 4.90 Å². The second-order valence-electron chi connectivity index (χ2n) is 5.04. The monoisotopic (exact) mass is 314 g/mol. The average molecular weight is 315 g/mol. The van der Waals surface area contributed by atoms with E-state index in [1.54, 1.807) is 25.8 Å². The smallest absolute Gasteiger partial charge is 0.238 e. The van der Waals surface area contributed by atoms with Crippen LogP contribution >= 0.6 is 15.9 Å². The van der Waals surface area contributed by atoms with Crippen LogP contribution in [0.3, 0.4) is 0 Å². The molecule has 1 aromatic carbocycles. The average Bonchev–Trinajstić information content (AvgIpc) is 2.18. The number of amides is 1. The zero-order chi connectivity index (χ0) is 13.8. The summed E-state index contributed by atoms with van der Waals surface area (Å²) >= 11 is 3.34. The van der Waals surface area contributed by atoms with E-state index in [1.807, 2.05) is 24.3 Å². The van der Waals surface area contributed by atoms with Crippen molar-refractivity contribution in [2.24, 2.45) is 0 Å². The maximum Gasteiger partial charge on any atom is 0.238 e. The largest absolute Gasteiger partial charge is 0.389 e. The first-order valence-corrected chi connectivity index (χ1v) is 6.52. The molecule has 4 nitrogen and oxygen atoms in total. The van der Waals surface area contributed by atoms with Gasteiger partial charge in [-0.2, -0.15) is 0 Å². The molecule has 0 spiro atoms. The molecule has 0 aliphatic heterocycles. The van der Waals surface area contributed by atoms with Crippen molar-refractivity contribution < 1.29 is 9.90 Å². The van der Waals surface area contributed by atoms with Crippen LogP contribution in [0.15, 0.2) is 28.7 Å². The van der Waals surface area contributed by atoms with Crippen LogP contribution in [0.5, 0.6) is 0 Å². The molecule has 18 heavy (non-hydrogen) atoms. The van der Waals surface area contributed by atoms with Crippen molar-refractivity contribution in [3.63, 3.8) is 0 Å². The molecule has 0 unspecified atom stereocenters. The number of halogens is 1. The summed E-state index contributed by atoms with van der Waals surface area (Å²) in [7, 11) is 1.80. The first-order chi connectivity index (χ1) is 8.26. The molecular weight excluding hydrogens is 296 g/mol. The summed E-state index contributed by atoms with van der Waals surface area (Å²) in [5.41, 5.74) is -0.0352. The molecule has 0 aromatic heterocycles. The summed E-state index contributed by atoms with van der Waals surface area (Å²) in [6.07, 6.45) is 0. The number of hydrogen-bond acceptors (Lipinski definition) is 3. The van der Waals surface area contributed by atoms with Gasteiger partial charge in [0.1, 0.15) is 0 Å². The minimum absolute atomic E-state index is 0.0935. The van der Waals surface area contributed by atoms with Gasteiger partial charge in [-0.15, -0.1) is 0 Å². The van der Waals surface area contributed by atoms with Crippen LogP contribution in [-0.4, -0.2) is 41.7 Å². The summed E-state index contributed by atoms with van der Waals surface area (Å²) in [6.45, 7) is 4.13. The number of carbonyl (C=O) groups is 1. The highest BCUT2D eigenvalue weighted by Gasteiger charge is 2.17. The Labute approximate surface area is 116 Å². The highest BCUT2D eigenvalue weighted by atomic mass is 79.9. The molecule has 0 bridgehead atoms. The van der Waals surface area contributed by atoms with Crippen molar-refractivity contribution in [3.05, 3.63) is 28.7 Å². The first kappa shape index (κ1) is 15.1. The Morgan fingerprint density at radius 3 is 2.44 bits per heavy atom. The van der Waals surface area contributed by atoms with Crippen molar-refractivity contribution in [3.8, 4) is 0 Å². The SMILES string of the molecule is CN(CC(=O)Nc1ccc(Br)cc1)CC(C)(C)O. The number of anilines is 1. The van der Waals surface area contributed by atoms with E-state index in [0.717, 1.165) is 10.2 Å². The Morgan fingerprint density at radius 1 is 1.39 bits per heavy atom. The van der Waals surface area contributed by atoms with Gasteiger partial charge in [0.05, 0.1) is 12.1 Å². The molecule has 0 saturated carbocycles. The summed E-state index contributed by atoms with van der Waals surface area (Å²) in [6, 6.07) is 7.41. The lowest BCUT2D eigenvalue weighted by atomic mass is 10.1. The molecule has 1 rings (SSSR count). The third-order valence-electron chi connectivity index (χ3n) is 2.20. The fraction of sp³-hybridized carbons (Fsp3) is 0.462. The van der Waals surface area contributed by atoms with Gasteiger partial charge in [-0.1, -0.05) is 15.9 Å². The third kappa shape index (κ3) is 6.14. The highest BCUT2D eigenvalue weighted by molar-refractivity contribution is 9.10. The van der Waals surface area contributed by atoms with Gasteiger partial charge in [0, 0.05) is 16.7 Å². The Kier molecular flexibility index (Phi) is 5.31. The zero-order valence-electron chi connectivity index (χ0n) is 10.9. The van der Waals surface area contributed by atoms with E-state index in [9.17, 15) is 9.90 Å². The van der Waals surface area contributed by atoms with Crippen molar-refractivity contribution >= 4 is 27.5 Å². The summed E-state index contributed by atoms with van der Waals surface area (Å²) < 4.78 is 0.972. The van der Waals surface area contributed by atoms with E-state index in [2.05, 4.69) is 21.2 Å². The minimum Gasteiger partial charge on any atom is -0.389 e. The molecule has 0 aliphatic rings. The Hall–Kier alpha value is -0.910. The van der Waals surface area contributed by atoms with Gasteiger partial charge in [0.25, 0.3) is 0 Å². The molecule has 5 heteroatoms. The summed E-state index contributed by atoms with van der Waals surface area (Å²) in [4.78, 5) is 13.5. The van der Waals surface area contributed by atoms with Crippen LogP contribution in [0.2, 0.25) is 0 Å². The zero-order valence-corrected chi connectivity index (χ0v) is 12.5. The molecule has 0 fully saturated rings. The molecule has 100 valence electrons. The standard InChI is InChI=1S/C13H19BrN2O2/c1-13(2,18)9-16(3)8-12(17)15-11-6-4-10(14)5-7-11/h4-7,18H,8-9H2,1-3H3,(H,15,17). The van der Waals surface area contributed by atoms with Gasteiger partial charge in [0.15, 0.2) is 0 Å². The van der Waals surface area contributed by atoms with Crippen LogP contribution < -0.4 is 5.32 Å². The number of aliphatic hydroxyl groups is 1. The van der Waals surface area contributed by atoms with Crippen molar-refractivity contribution in [1.29, 1.82) is 0 Å². The van der Waals surface area contributed by atoms with E-state index in [1.165, 1.54) is 0 Å². The minimum atomic E-state index is -0.799. The Bertz CT molecular complexity index is 398. The van der Waals surface area contributed by atoms with Crippen LogP contribution in [0.4, 0.5) is 5.69 Å². The Balaban J connectivity index is 2.44. The van der Waals surface area contributed by atoms with Gasteiger partial charge in [0.2, 0.25) is 5.91 Å².